The molecule has 4 nitrogen and oxygen atoms in total. The van der Waals surface area contributed by atoms with Gasteiger partial charge in [-0.25, -0.2) is 0 Å². The second kappa shape index (κ2) is 7.94. The van der Waals surface area contributed by atoms with Crippen LogP contribution in [0.2, 0.25) is 0 Å². The summed E-state index contributed by atoms with van der Waals surface area (Å²) in [6.45, 7) is 0. The van der Waals surface area contributed by atoms with E-state index in [4.69, 9.17) is 0 Å². The molecular formula is C19H18O4. The van der Waals surface area contributed by atoms with Crippen molar-refractivity contribution in [1.29, 1.82) is 0 Å². The van der Waals surface area contributed by atoms with Crippen LogP contribution in [-0.2, 0) is 16.0 Å². The van der Waals surface area contributed by atoms with Gasteiger partial charge in [0.25, 0.3) is 0 Å². The van der Waals surface area contributed by atoms with E-state index in [1.165, 1.54) is 18.2 Å². The third-order valence-electron chi connectivity index (χ3n) is 3.36. The van der Waals surface area contributed by atoms with E-state index in [0.29, 0.717) is 12.8 Å². The molecule has 0 amide bonds. The van der Waals surface area contributed by atoms with Crippen molar-refractivity contribution < 1.29 is 19.8 Å². The Hall–Kier alpha value is -2.88. The summed E-state index contributed by atoms with van der Waals surface area (Å²) in [6, 6.07) is 13.1. The van der Waals surface area contributed by atoms with Crippen molar-refractivity contribution in [1.82, 2.24) is 0 Å². The molecule has 0 saturated heterocycles. The maximum absolute atomic E-state index is 11.8. The van der Waals surface area contributed by atoms with E-state index in [0.717, 1.165) is 11.1 Å². The van der Waals surface area contributed by atoms with Crippen molar-refractivity contribution in [3.05, 3.63) is 65.7 Å². The van der Waals surface area contributed by atoms with Gasteiger partial charge in [0.1, 0.15) is 17.3 Å². The van der Waals surface area contributed by atoms with Crippen LogP contribution in [0.25, 0.3) is 6.08 Å². The number of aryl methyl sites for hydroxylation is 1. The van der Waals surface area contributed by atoms with E-state index < -0.39 is 0 Å². The zero-order valence-corrected chi connectivity index (χ0v) is 12.6. The van der Waals surface area contributed by atoms with Crippen LogP contribution in [-0.4, -0.2) is 21.8 Å². The van der Waals surface area contributed by atoms with Crippen LogP contribution in [0.15, 0.2) is 54.6 Å². The molecule has 0 saturated carbocycles. The number of allylic oxidation sites excluding steroid dienone is 1. The van der Waals surface area contributed by atoms with Crippen LogP contribution in [0, 0.1) is 0 Å². The van der Waals surface area contributed by atoms with Gasteiger partial charge in [-0.15, -0.1) is 0 Å². The predicted octanol–water partition coefficient (Wildman–Crippen LogP) is 3.27. The second-order valence-electron chi connectivity index (χ2n) is 5.27. The lowest BCUT2D eigenvalue weighted by Gasteiger charge is -2.01. The van der Waals surface area contributed by atoms with Gasteiger partial charge in [-0.3, -0.25) is 9.59 Å². The molecule has 118 valence electrons. The number of hydrogen-bond donors (Lipinski definition) is 2. The lowest BCUT2D eigenvalue weighted by Crippen LogP contribution is -2.06. The molecule has 0 heterocycles. The fourth-order valence-corrected chi connectivity index (χ4v) is 2.06. The third-order valence-corrected chi connectivity index (χ3v) is 3.36. The van der Waals surface area contributed by atoms with Gasteiger partial charge in [0.15, 0.2) is 5.78 Å². The number of carbonyl (C=O) groups is 2. The first-order valence-electron chi connectivity index (χ1n) is 7.32. The predicted molar refractivity (Wildman–Crippen MR) is 88.2 cm³/mol. The number of aromatic hydroxyl groups is 2. The minimum atomic E-state index is -0.242. The van der Waals surface area contributed by atoms with Gasteiger partial charge in [-0.1, -0.05) is 30.3 Å². The van der Waals surface area contributed by atoms with Crippen molar-refractivity contribution in [2.45, 2.75) is 19.3 Å². The summed E-state index contributed by atoms with van der Waals surface area (Å²) in [4.78, 5) is 23.6. The first-order valence-corrected chi connectivity index (χ1v) is 7.32. The van der Waals surface area contributed by atoms with Crippen LogP contribution >= 0.6 is 0 Å². The molecule has 4 heteroatoms. The Balaban J connectivity index is 1.79. The van der Waals surface area contributed by atoms with Gasteiger partial charge in [-0.05, 0) is 47.9 Å². The lowest BCUT2D eigenvalue weighted by atomic mass is 10.0. The van der Waals surface area contributed by atoms with E-state index in [-0.39, 0.29) is 29.5 Å². The number of benzene rings is 2. The maximum Gasteiger partial charge on any atom is 0.163 e. The Morgan fingerprint density at radius 3 is 2.04 bits per heavy atom. The molecule has 23 heavy (non-hydrogen) atoms. The van der Waals surface area contributed by atoms with Crippen LogP contribution in [0.5, 0.6) is 11.5 Å². The molecule has 0 unspecified atom stereocenters. The summed E-state index contributed by atoms with van der Waals surface area (Å²) >= 11 is 0. The van der Waals surface area contributed by atoms with Crippen LogP contribution in [0.4, 0.5) is 0 Å². The number of rotatable bonds is 7. The van der Waals surface area contributed by atoms with Gasteiger partial charge in [-0.2, -0.15) is 0 Å². The minimum absolute atomic E-state index is 0.113. The van der Waals surface area contributed by atoms with E-state index in [1.54, 1.807) is 42.5 Å². The molecule has 2 aromatic carbocycles. The van der Waals surface area contributed by atoms with Crippen LogP contribution in [0.3, 0.4) is 0 Å². The summed E-state index contributed by atoms with van der Waals surface area (Å²) < 4.78 is 0. The van der Waals surface area contributed by atoms with Gasteiger partial charge in [0.05, 0.1) is 6.42 Å². The zero-order valence-electron chi connectivity index (χ0n) is 12.6. The average molecular weight is 310 g/mol. The highest BCUT2D eigenvalue weighted by Crippen LogP contribution is 2.12. The molecule has 0 atom stereocenters. The van der Waals surface area contributed by atoms with Crippen molar-refractivity contribution in [3.63, 3.8) is 0 Å². The fraction of sp³-hybridized carbons (Fsp3) is 0.158. The van der Waals surface area contributed by atoms with E-state index in [2.05, 4.69) is 0 Å². The number of hydrogen-bond acceptors (Lipinski definition) is 4. The topological polar surface area (TPSA) is 74.6 Å². The molecule has 0 radical (unpaired) electrons. The summed E-state index contributed by atoms with van der Waals surface area (Å²) in [6.07, 6.45) is 3.73. The molecular weight excluding hydrogens is 292 g/mol. The first-order chi connectivity index (χ1) is 11.0. The quantitative estimate of drug-likeness (QED) is 0.608. The second-order valence-corrected chi connectivity index (χ2v) is 5.27. The van der Waals surface area contributed by atoms with Gasteiger partial charge < -0.3 is 10.2 Å². The summed E-state index contributed by atoms with van der Waals surface area (Å²) in [5.41, 5.74) is 1.73. The van der Waals surface area contributed by atoms with E-state index in [9.17, 15) is 19.8 Å². The monoisotopic (exact) mass is 310 g/mol. The molecule has 2 rings (SSSR count). The van der Waals surface area contributed by atoms with Crippen molar-refractivity contribution in [3.8, 4) is 11.5 Å². The Labute approximate surface area is 134 Å². The molecule has 0 spiro atoms. The SMILES string of the molecule is O=C(/C=C/c1ccc(O)cc1)CC(=O)CCc1ccc(O)cc1. The normalized spacial score (nSPS) is 10.8. The molecule has 0 aromatic heterocycles. The smallest absolute Gasteiger partial charge is 0.163 e. The highest BCUT2D eigenvalue weighted by atomic mass is 16.3. The Morgan fingerprint density at radius 1 is 0.870 bits per heavy atom. The number of Topliss-reactive ketones (excluding diaryl/α,β-unsaturated/α-hetero) is 1. The first kappa shape index (κ1) is 16.5. The summed E-state index contributed by atoms with van der Waals surface area (Å²) in [5, 5.41) is 18.4. The minimum Gasteiger partial charge on any atom is -0.508 e. The zero-order chi connectivity index (χ0) is 16.7. The molecule has 2 N–H and O–H groups in total. The molecule has 0 fully saturated rings. The summed E-state index contributed by atoms with van der Waals surface area (Å²) in [7, 11) is 0. The fourth-order valence-electron chi connectivity index (χ4n) is 2.06. The lowest BCUT2D eigenvalue weighted by molar-refractivity contribution is -0.124. The Bertz CT molecular complexity index is 697. The molecule has 0 aliphatic carbocycles. The van der Waals surface area contributed by atoms with Crippen LogP contribution in [0.1, 0.15) is 24.0 Å². The van der Waals surface area contributed by atoms with Crippen molar-refractivity contribution in [2.75, 3.05) is 0 Å². The largest absolute Gasteiger partial charge is 0.508 e. The number of phenolic OH excluding ortho intramolecular Hbond substituents is 2. The van der Waals surface area contributed by atoms with E-state index >= 15 is 0 Å². The van der Waals surface area contributed by atoms with Gasteiger partial charge in [0, 0.05) is 6.42 Å². The number of phenols is 2. The highest BCUT2D eigenvalue weighted by Gasteiger charge is 2.07. The summed E-state index contributed by atoms with van der Waals surface area (Å²) in [5.74, 6) is -0.000260. The number of carbonyl (C=O) groups excluding carboxylic acids is 2. The molecule has 0 bridgehead atoms. The Morgan fingerprint density at radius 2 is 1.43 bits per heavy atom. The third kappa shape index (κ3) is 5.79. The van der Waals surface area contributed by atoms with Crippen LogP contribution < -0.4 is 0 Å². The number of ketones is 2. The standard InChI is InChI=1S/C19H18O4/c20-16-7-1-14(2-8-16)5-11-18(22)13-19(23)12-6-15-3-9-17(21)10-4-15/h1-5,7-11,20-21H,6,12-13H2/b11-5+. The van der Waals surface area contributed by atoms with Crippen molar-refractivity contribution >= 4 is 17.6 Å². The van der Waals surface area contributed by atoms with Crippen molar-refractivity contribution in [2.24, 2.45) is 0 Å². The molecule has 2 aromatic rings. The van der Waals surface area contributed by atoms with Gasteiger partial charge >= 0.3 is 0 Å². The highest BCUT2D eigenvalue weighted by molar-refractivity contribution is 6.06. The molecule has 0 aliphatic heterocycles. The maximum atomic E-state index is 11.8. The van der Waals surface area contributed by atoms with Gasteiger partial charge in [0.2, 0.25) is 0 Å². The Kier molecular flexibility index (Phi) is 5.69. The molecule has 0 aliphatic rings. The van der Waals surface area contributed by atoms with E-state index in [1.807, 2.05) is 0 Å². The average Bonchev–Trinajstić information content (AvgIpc) is 2.54.